The van der Waals surface area contributed by atoms with E-state index < -0.39 is 5.97 Å². The first kappa shape index (κ1) is 12.6. The summed E-state index contributed by atoms with van der Waals surface area (Å²) in [4.78, 5) is 10.8. The average molecular weight is 222 g/mol. The lowest BCUT2D eigenvalue weighted by Crippen LogP contribution is -2.17. The first-order valence-corrected chi connectivity index (χ1v) is 5.26. The molecule has 1 rings (SSSR count). The Bertz CT molecular complexity index is 389. The molecule has 1 aromatic rings. The number of aromatic carboxylic acids is 1. The maximum absolute atomic E-state index is 10.8. The Morgan fingerprint density at radius 2 is 2.00 bits per heavy atom. The molecule has 0 heterocycles. The largest absolute Gasteiger partial charge is 0.493 e. The summed E-state index contributed by atoms with van der Waals surface area (Å²) < 4.78 is 5.63. The van der Waals surface area contributed by atoms with Crippen LogP contribution in [-0.2, 0) is 0 Å². The van der Waals surface area contributed by atoms with E-state index in [1.54, 1.807) is 18.2 Å². The van der Waals surface area contributed by atoms with Gasteiger partial charge in [-0.1, -0.05) is 26.8 Å². The van der Waals surface area contributed by atoms with Gasteiger partial charge in [-0.05, 0) is 30.0 Å². The quantitative estimate of drug-likeness (QED) is 0.854. The molecule has 0 fully saturated rings. The molecule has 1 N–H and O–H groups in total. The molecular formula is C13H18O3. The van der Waals surface area contributed by atoms with Crippen LogP contribution in [-0.4, -0.2) is 17.7 Å². The summed E-state index contributed by atoms with van der Waals surface area (Å²) >= 11 is 0. The molecule has 0 aliphatic carbocycles. The van der Waals surface area contributed by atoms with Gasteiger partial charge in [0.2, 0.25) is 0 Å². The van der Waals surface area contributed by atoms with Crippen molar-refractivity contribution < 1.29 is 14.6 Å². The second-order valence-electron chi connectivity index (χ2n) is 5.13. The van der Waals surface area contributed by atoms with E-state index in [1.165, 1.54) is 0 Å². The molecule has 0 saturated heterocycles. The van der Waals surface area contributed by atoms with Crippen molar-refractivity contribution in [3.05, 3.63) is 29.3 Å². The van der Waals surface area contributed by atoms with Crippen molar-refractivity contribution in [1.82, 2.24) is 0 Å². The zero-order chi connectivity index (χ0) is 12.3. The number of carbonyl (C=O) groups is 1. The number of aryl methyl sites for hydroxylation is 1. The molecular weight excluding hydrogens is 204 g/mol. The van der Waals surface area contributed by atoms with Crippen LogP contribution in [0.1, 0.15) is 36.7 Å². The van der Waals surface area contributed by atoms with Crippen LogP contribution >= 0.6 is 0 Å². The normalized spacial score (nSPS) is 11.2. The molecule has 88 valence electrons. The number of carboxylic acid groups (broad SMARTS) is 1. The van der Waals surface area contributed by atoms with Crippen molar-refractivity contribution >= 4 is 5.97 Å². The molecule has 0 unspecified atom stereocenters. The molecule has 0 amide bonds. The predicted octanol–water partition coefficient (Wildman–Crippen LogP) is 3.12. The van der Waals surface area contributed by atoms with Crippen molar-refractivity contribution in [1.29, 1.82) is 0 Å². The van der Waals surface area contributed by atoms with E-state index in [9.17, 15) is 4.79 Å². The van der Waals surface area contributed by atoms with E-state index in [0.717, 1.165) is 5.56 Å². The Morgan fingerprint density at radius 1 is 1.38 bits per heavy atom. The molecule has 0 aliphatic rings. The summed E-state index contributed by atoms with van der Waals surface area (Å²) in [7, 11) is 0. The van der Waals surface area contributed by atoms with Crippen LogP contribution in [0.5, 0.6) is 5.75 Å². The lowest BCUT2D eigenvalue weighted by atomic mass is 9.98. The van der Waals surface area contributed by atoms with Crippen LogP contribution in [0.4, 0.5) is 0 Å². The zero-order valence-corrected chi connectivity index (χ0v) is 10.2. The topological polar surface area (TPSA) is 46.5 Å². The molecule has 0 radical (unpaired) electrons. The third-order valence-corrected chi connectivity index (χ3v) is 2.10. The first-order valence-electron chi connectivity index (χ1n) is 5.26. The lowest BCUT2D eigenvalue weighted by Gasteiger charge is -2.20. The summed E-state index contributed by atoms with van der Waals surface area (Å²) in [5.74, 6) is -0.282. The van der Waals surface area contributed by atoms with E-state index in [-0.39, 0.29) is 11.0 Å². The highest BCUT2D eigenvalue weighted by Crippen LogP contribution is 2.22. The molecule has 3 heteroatoms. The number of carboxylic acids is 1. The fourth-order valence-electron chi connectivity index (χ4n) is 1.18. The average Bonchev–Trinajstić information content (AvgIpc) is 2.14. The van der Waals surface area contributed by atoms with Gasteiger partial charge in [-0.2, -0.15) is 0 Å². The van der Waals surface area contributed by atoms with Crippen molar-refractivity contribution in [3.63, 3.8) is 0 Å². The Balaban J connectivity index is 2.86. The van der Waals surface area contributed by atoms with Crippen molar-refractivity contribution in [2.45, 2.75) is 27.7 Å². The fraction of sp³-hybridized carbons (Fsp3) is 0.462. The van der Waals surface area contributed by atoms with Gasteiger partial charge in [-0.25, -0.2) is 4.79 Å². The highest BCUT2D eigenvalue weighted by Gasteiger charge is 2.13. The second-order valence-corrected chi connectivity index (χ2v) is 5.13. The third kappa shape index (κ3) is 3.57. The number of hydrogen-bond acceptors (Lipinski definition) is 2. The number of rotatable bonds is 3. The maximum atomic E-state index is 10.8. The van der Waals surface area contributed by atoms with E-state index in [4.69, 9.17) is 9.84 Å². The number of ether oxygens (including phenoxy) is 1. The van der Waals surface area contributed by atoms with Crippen LogP contribution < -0.4 is 4.74 Å². The third-order valence-electron chi connectivity index (χ3n) is 2.10. The minimum atomic E-state index is -0.930. The van der Waals surface area contributed by atoms with E-state index in [2.05, 4.69) is 20.8 Å². The molecule has 3 nitrogen and oxygen atoms in total. The molecule has 16 heavy (non-hydrogen) atoms. The van der Waals surface area contributed by atoms with E-state index in [0.29, 0.717) is 12.4 Å². The van der Waals surface area contributed by atoms with Crippen LogP contribution in [0.25, 0.3) is 0 Å². The van der Waals surface area contributed by atoms with Gasteiger partial charge in [-0.15, -0.1) is 0 Å². The highest BCUT2D eigenvalue weighted by atomic mass is 16.5. The van der Waals surface area contributed by atoms with Gasteiger partial charge < -0.3 is 9.84 Å². The predicted molar refractivity (Wildman–Crippen MR) is 63.1 cm³/mol. The maximum Gasteiger partial charge on any atom is 0.335 e. The van der Waals surface area contributed by atoms with Crippen molar-refractivity contribution in [3.8, 4) is 5.75 Å². The monoisotopic (exact) mass is 222 g/mol. The van der Waals surface area contributed by atoms with Crippen LogP contribution in [0.2, 0.25) is 0 Å². The van der Waals surface area contributed by atoms with Crippen LogP contribution in [0.3, 0.4) is 0 Å². The number of hydrogen-bond donors (Lipinski definition) is 1. The molecule has 0 saturated carbocycles. The summed E-state index contributed by atoms with van der Waals surface area (Å²) in [6, 6.07) is 4.92. The minimum absolute atomic E-state index is 0.0612. The SMILES string of the molecule is Cc1ccc(C(=O)O)cc1OCC(C)(C)C. The van der Waals surface area contributed by atoms with Gasteiger partial charge >= 0.3 is 5.97 Å². The van der Waals surface area contributed by atoms with Gasteiger partial charge in [-0.3, -0.25) is 0 Å². The molecule has 1 aromatic carbocycles. The van der Waals surface area contributed by atoms with E-state index >= 15 is 0 Å². The Labute approximate surface area is 96.1 Å². The number of benzene rings is 1. The second kappa shape index (κ2) is 4.56. The van der Waals surface area contributed by atoms with Gasteiger partial charge in [0.15, 0.2) is 0 Å². The van der Waals surface area contributed by atoms with Crippen LogP contribution in [0.15, 0.2) is 18.2 Å². The standard InChI is InChI=1S/C13H18O3/c1-9-5-6-10(12(14)15)7-11(9)16-8-13(2,3)4/h5-7H,8H2,1-4H3,(H,14,15). The van der Waals surface area contributed by atoms with Crippen molar-refractivity contribution in [2.75, 3.05) is 6.61 Å². The van der Waals surface area contributed by atoms with Crippen molar-refractivity contribution in [2.24, 2.45) is 5.41 Å². The molecule has 0 aromatic heterocycles. The highest BCUT2D eigenvalue weighted by molar-refractivity contribution is 5.88. The van der Waals surface area contributed by atoms with Crippen LogP contribution in [0, 0.1) is 12.3 Å². The van der Waals surface area contributed by atoms with Gasteiger partial charge in [0.1, 0.15) is 5.75 Å². The Hall–Kier alpha value is -1.51. The minimum Gasteiger partial charge on any atom is -0.493 e. The molecule has 0 bridgehead atoms. The molecule has 0 aliphatic heterocycles. The first-order chi connectivity index (χ1) is 7.29. The zero-order valence-electron chi connectivity index (χ0n) is 10.2. The fourth-order valence-corrected chi connectivity index (χ4v) is 1.18. The summed E-state index contributed by atoms with van der Waals surface area (Å²) in [5.41, 5.74) is 1.27. The Kier molecular flexibility index (Phi) is 3.58. The molecule has 0 spiro atoms. The summed E-state index contributed by atoms with van der Waals surface area (Å²) in [6.45, 7) is 8.69. The van der Waals surface area contributed by atoms with Gasteiger partial charge in [0, 0.05) is 0 Å². The summed E-state index contributed by atoms with van der Waals surface area (Å²) in [6.07, 6.45) is 0. The summed E-state index contributed by atoms with van der Waals surface area (Å²) in [5, 5.41) is 8.87. The van der Waals surface area contributed by atoms with Gasteiger partial charge in [0.25, 0.3) is 0 Å². The van der Waals surface area contributed by atoms with E-state index in [1.807, 2.05) is 6.92 Å². The Morgan fingerprint density at radius 3 is 2.50 bits per heavy atom. The van der Waals surface area contributed by atoms with Gasteiger partial charge in [0.05, 0.1) is 12.2 Å². The molecule has 0 atom stereocenters. The lowest BCUT2D eigenvalue weighted by molar-refractivity contribution is 0.0696. The smallest absolute Gasteiger partial charge is 0.335 e.